The number of para-hydroxylation sites is 1. The van der Waals surface area contributed by atoms with Gasteiger partial charge in [0.05, 0.1) is 0 Å². The summed E-state index contributed by atoms with van der Waals surface area (Å²) >= 11 is 0. The molecule has 0 unspecified atom stereocenters. The lowest BCUT2D eigenvalue weighted by molar-refractivity contribution is 1.30. The summed E-state index contributed by atoms with van der Waals surface area (Å²) in [5.74, 6) is 0.804. The van der Waals surface area contributed by atoms with E-state index in [0.717, 1.165) is 22.8 Å². The number of anilines is 2. The second-order valence-corrected chi connectivity index (χ2v) is 3.34. The maximum absolute atomic E-state index is 4.38. The molecule has 0 saturated heterocycles. The van der Waals surface area contributed by atoms with Crippen LogP contribution < -0.4 is 5.32 Å². The van der Waals surface area contributed by atoms with Crippen molar-refractivity contribution in [1.29, 1.82) is 0 Å². The van der Waals surface area contributed by atoms with Crippen LogP contribution in [0.25, 0.3) is 0 Å². The van der Waals surface area contributed by atoms with Crippen molar-refractivity contribution in [2.24, 2.45) is 4.99 Å². The quantitative estimate of drug-likeness (QED) is 0.598. The number of rotatable bonds is 0. The van der Waals surface area contributed by atoms with Gasteiger partial charge in [-0.1, -0.05) is 18.2 Å². The number of benzene rings is 1. The van der Waals surface area contributed by atoms with E-state index in [-0.39, 0.29) is 0 Å². The first-order chi connectivity index (χ1) is 7.43. The molecule has 1 aliphatic heterocycles. The molecule has 0 fully saturated rings. The van der Waals surface area contributed by atoms with E-state index in [1.807, 2.05) is 42.6 Å². The normalized spacial score (nSPS) is 12.3. The lowest BCUT2D eigenvalue weighted by atomic mass is 10.2. The van der Waals surface area contributed by atoms with Crippen molar-refractivity contribution >= 4 is 23.4 Å². The van der Waals surface area contributed by atoms with Crippen molar-refractivity contribution in [2.45, 2.75) is 0 Å². The highest BCUT2D eigenvalue weighted by atomic mass is 15.0. The standard InChI is InChI=1S/C12H9N3/c1-2-5-10-9(4-1)8-14-11-6-3-7-13-12(11)15-10/h1-8H,(H,13,15). The van der Waals surface area contributed by atoms with Crippen molar-refractivity contribution in [3.05, 3.63) is 48.2 Å². The van der Waals surface area contributed by atoms with Crippen LogP contribution in [0.15, 0.2) is 47.6 Å². The molecule has 0 amide bonds. The lowest BCUT2D eigenvalue weighted by Crippen LogP contribution is -1.94. The molecule has 15 heavy (non-hydrogen) atoms. The van der Waals surface area contributed by atoms with Crippen molar-refractivity contribution in [1.82, 2.24) is 4.98 Å². The molecule has 0 radical (unpaired) electrons. The Kier molecular flexibility index (Phi) is 1.75. The van der Waals surface area contributed by atoms with Crippen molar-refractivity contribution in [2.75, 3.05) is 5.32 Å². The van der Waals surface area contributed by atoms with E-state index in [4.69, 9.17) is 0 Å². The largest absolute Gasteiger partial charge is 0.338 e. The fourth-order valence-electron chi connectivity index (χ4n) is 1.59. The third-order valence-corrected chi connectivity index (χ3v) is 2.34. The van der Waals surface area contributed by atoms with E-state index in [1.54, 1.807) is 6.20 Å². The fourth-order valence-corrected chi connectivity index (χ4v) is 1.59. The predicted molar refractivity (Wildman–Crippen MR) is 61.2 cm³/mol. The molecule has 0 spiro atoms. The van der Waals surface area contributed by atoms with Crippen LogP contribution in [-0.2, 0) is 0 Å². The summed E-state index contributed by atoms with van der Waals surface area (Å²) in [6, 6.07) is 11.9. The molecule has 0 bridgehead atoms. The Bertz CT molecular complexity index is 484. The Hall–Kier alpha value is -2.16. The van der Waals surface area contributed by atoms with E-state index in [0.29, 0.717) is 0 Å². The van der Waals surface area contributed by atoms with Crippen LogP contribution >= 0.6 is 0 Å². The number of nitrogens with zero attached hydrogens (tertiary/aromatic N) is 2. The van der Waals surface area contributed by atoms with Gasteiger partial charge in [-0.3, -0.25) is 4.99 Å². The van der Waals surface area contributed by atoms with Gasteiger partial charge in [-0.2, -0.15) is 0 Å². The van der Waals surface area contributed by atoms with Gasteiger partial charge in [0.15, 0.2) is 5.82 Å². The van der Waals surface area contributed by atoms with E-state index in [1.165, 1.54) is 0 Å². The molecule has 0 aliphatic carbocycles. The summed E-state index contributed by atoms with van der Waals surface area (Å²) in [6.07, 6.45) is 3.62. The molecular weight excluding hydrogens is 186 g/mol. The van der Waals surface area contributed by atoms with Crippen LogP contribution in [0, 0.1) is 0 Å². The minimum atomic E-state index is 0.804. The topological polar surface area (TPSA) is 37.3 Å². The highest BCUT2D eigenvalue weighted by molar-refractivity contribution is 5.94. The number of nitrogens with one attached hydrogen (secondary N) is 1. The zero-order chi connectivity index (χ0) is 10.1. The lowest BCUT2D eigenvalue weighted by Gasteiger charge is -2.06. The minimum absolute atomic E-state index is 0.804. The zero-order valence-electron chi connectivity index (χ0n) is 8.01. The van der Waals surface area contributed by atoms with E-state index < -0.39 is 0 Å². The number of fused-ring (bicyclic) bond motifs is 2. The molecule has 3 rings (SSSR count). The Balaban J connectivity index is 2.19. The van der Waals surface area contributed by atoms with E-state index in [2.05, 4.69) is 15.3 Å². The first-order valence-corrected chi connectivity index (χ1v) is 4.78. The zero-order valence-corrected chi connectivity index (χ0v) is 8.01. The smallest absolute Gasteiger partial charge is 0.156 e. The molecule has 1 aliphatic rings. The minimum Gasteiger partial charge on any atom is -0.338 e. The van der Waals surface area contributed by atoms with Gasteiger partial charge in [0.2, 0.25) is 0 Å². The van der Waals surface area contributed by atoms with Crippen LogP contribution in [-0.4, -0.2) is 11.2 Å². The molecule has 1 N–H and O–H groups in total. The average Bonchev–Trinajstić information content (AvgIpc) is 2.48. The number of aromatic nitrogens is 1. The van der Waals surface area contributed by atoms with Gasteiger partial charge in [0, 0.05) is 23.7 Å². The summed E-state index contributed by atoms with van der Waals surface area (Å²) in [7, 11) is 0. The van der Waals surface area contributed by atoms with Gasteiger partial charge in [-0.05, 0) is 18.2 Å². The number of hydrogen-bond donors (Lipinski definition) is 1. The summed E-state index contributed by atoms with van der Waals surface area (Å²) in [5.41, 5.74) is 2.99. The monoisotopic (exact) mass is 195 g/mol. The molecule has 1 aromatic carbocycles. The van der Waals surface area contributed by atoms with Crippen molar-refractivity contribution in [3.8, 4) is 0 Å². The van der Waals surface area contributed by atoms with Crippen molar-refractivity contribution in [3.63, 3.8) is 0 Å². The Morgan fingerprint density at radius 1 is 1.00 bits per heavy atom. The van der Waals surface area contributed by atoms with Gasteiger partial charge < -0.3 is 5.32 Å². The van der Waals surface area contributed by atoms with E-state index in [9.17, 15) is 0 Å². The maximum Gasteiger partial charge on any atom is 0.156 e. The van der Waals surface area contributed by atoms with Crippen LogP contribution in [0.2, 0.25) is 0 Å². The summed E-state index contributed by atoms with van der Waals surface area (Å²) in [4.78, 5) is 8.63. The molecule has 72 valence electrons. The van der Waals surface area contributed by atoms with Crippen LogP contribution in [0.1, 0.15) is 5.56 Å². The number of aliphatic imine (C=N–C) groups is 1. The summed E-state index contributed by atoms with van der Waals surface area (Å²) < 4.78 is 0. The van der Waals surface area contributed by atoms with Gasteiger partial charge in [0.1, 0.15) is 5.69 Å². The Morgan fingerprint density at radius 3 is 2.93 bits per heavy atom. The maximum atomic E-state index is 4.38. The predicted octanol–water partition coefficient (Wildman–Crippen LogP) is 2.89. The molecule has 0 atom stereocenters. The van der Waals surface area contributed by atoms with Crippen LogP contribution in [0.5, 0.6) is 0 Å². The van der Waals surface area contributed by atoms with Crippen LogP contribution in [0.4, 0.5) is 17.2 Å². The van der Waals surface area contributed by atoms with Gasteiger partial charge >= 0.3 is 0 Å². The molecule has 2 aromatic rings. The summed E-state index contributed by atoms with van der Waals surface area (Å²) in [6.45, 7) is 0. The van der Waals surface area contributed by atoms with Gasteiger partial charge in [-0.25, -0.2) is 4.98 Å². The Labute approximate surface area is 87.5 Å². The van der Waals surface area contributed by atoms with Crippen LogP contribution in [0.3, 0.4) is 0 Å². The number of pyridine rings is 1. The van der Waals surface area contributed by atoms with Crippen molar-refractivity contribution < 1.29 is 0 Å². The highest BCUT2D eigenvalue weighted by Gasteiger charge is 2.08. The number of hydrogen-bond acceptors (Lipinski definition) is 3. The molecule has 1 aromatic heterocycles. The average molecular weight is 195 g/mol. The third-order valence-electron chi connectivity index (χ3n) is 2.34. The SMILES string of the molecule is C1=Nc2cccnc2Nc2ccccc21. The highest BCUT2D eigenvalue weighted by Crippen LogP contribution is 2.29. The van der Waals surface area contributed by atoms with E-state index >= 15 is 0 Å². The Morgan fingerprint density at radius 2 is 1.93 bits per heavy atom. The first-order valence-electron chi connectivity index (χ1n) is 4.78. The molecule has 3 heteroatoms. The molecule has 3 nitrogen and oxygen atoms in total. The second kappa shape index (κ2) is 3.20. The molecular formula is C12H9N3. The van der Waals surface area contributed by atoms with Gasteiger partial charge in [-0.15, -0.1) is 0 Å². The fraction of sp³-hybridized carbons (Fsp3) is 0. The first kappa shape index (κ1) is 8.17. The molecule has 2 heterocycles. The van der Waals surface area contributed by atoms with Gasteiger partial charge in [0.25, 0.3) is 0 Å². The molecule has 0 saturated carbocycles. The second-order valence-electron chi connectivity index (χ2n) is 3.34. The third kappa shape index (κ3) is 1.38. The summed E-state index contributed by atoms with van der Waals surface area (Å²) in [5, 5.41) is 3.27.